The normalized spacial score (nSPS) is 15.1. The Morgan fingerprint density at radius 1 is 1.03 bits per heavy atom. The number of rotatable bonds is 4. The highest BCUT2D eigenvalue weighted by molar-refractivity contribution is 7.22. The number of para-hydroxylation sites is 1. The van der Waals surface area contributed by atoms with Crippen molar-refractivity contribution in [2.24, 2.45) is 0 Å². The maximum atomic E-state index is 13.8. The van der Waals surface area contributed by atoms with Crippen LogP contribution < -0.4 is 19.8 Å². The molecule has 3 aromatic carbocycles. The van der Waals surface area contributed by atoms with Crippen molar-refractivity contribution in [3.05, 3.63) is 92.8 Å². The summed E-state index contributed by atoms with van der Waals surface area (Å²) in [7, 11) is 3.14. The van der Waals surface area contributed by atoms with Crippen molar-refractivity contribution in [2.45, 2.75) is 6.04 Å². The molecule has 1 aliphatic heterocycles. The minimum Gasteiger partial charge on any atom is -0.497 e. The average Bonchev–Trinajstić information content (AvgIpc) is 3.42. The number of hydrogen-bond donors (Lipinski definition) is 0. The van der Waals surface area contributed by atoms with E-state index in [1.165, 1.54) is 16.2 Å². The monoisotopic (exact) mass is 504 g/mol. The lowest BCUT2D eigenvalue weighted by atomic mass is 9.98. The van der Waals surface area contributed by atoms with Gasteiger partial charge in [0, 0.05) is 10.6 Å². The Morgan fingerprint density at radius 2 is 1.86 bits per heavy atom. The highest BCUT2D eigenvalue weighted by Crippen LogP contribution is 2.46. The van der Waals surface area contributed by atoms with E-state index < -0.39 is 11.9 Å². The third kappa shape index (κ3) is 3.29. The molecule has 2 aromatic heterocycles. The quantitative estimate of drug-likeness (QED) is 0.306. The van der Waals surface area contributed by atoms with Crippen LogP contribution in [0.1, 0.15) is 27.7 Å². The van der Waals surface area contributed by atoms with Gasteiger partial charge in [-0.3, -0.25) is 14.5 Å². The van der Waals surface area contributed by atoms with Gasteiger partial charge in [0.25, 0.3) is 5.91 Å². The number of amides is 1. The zero-order valence-corrected chi connectivity index (χ0v) is 20.1. The van der Waals surface area contributed by atoms with Crippen LogP contribution in [0.3, 0.4) is 0 Å². The van der Waals surface area contributed by atoms with Gasteiger partial charge in [0.2, 0.25) is 5.76 Å². The van der Waals surface area contributed by atoms with E-state index in [1.54, 1.807) is 38.5 Å². The van der Waals surface area contributed by atoms with Crippen LogP contribution in [-0.4, -0.2) is 25.1 Å². The Kier molecular flexibility index (Phi) is 5.01. The SMILES string of the molecule is COc1ccc2nc(N3C(=O)c4oc5ccc(Cl)cc5c(=O)c4[C@@H]3c3ccccc3OC)sc2c1. The second-order valence-electron chi connectivity index (χ2n) is 7.96. The van der Waals surface area contributed by atoms with Crippen molar-refractivity contribution in [3.63, 3.8) is 0 Å². The van der Waals surface area contributed by atoms with Gasteiger partial charge in [-0.05, 0) is 42.5 Å². The molecule has 0 fully saturated rings. The molecule has 1 aliphatic rings. The van der Waals surface area contributed by atoms with E-state index in [0.29, 0.717) is 43.7 Å². The van der Waals surface area contributed by atoms with Gasteiger partial charge in [-0.25, -0.2) is 4.98 Å². The summed E-state index contributed by atoms with van der Waals surface area (Å²) < 4.78 is 17.8. The largest absolute Gasteiger partial charge is 0.497 e. The molecule has 1 amide bonds. The van der Waals surface area contributed by atoms with Crippen LogP contribution >= 0.6 is 22.9 Å². The number of ether oxygens (including phenoxy) is 2. The Labute approximate surface area is 208 Å². The van der Waals surface area contributed by atoms with Crippen LogP contribution in [0.4, 0.5) is 5.13 Å². The highest BCUT2D eigenvalue weighted by Gasteiger charge is 2.46. The number of carbonyl (C=O) groups is 1. The van der Waals surface area contributed by atoms with Gasteiger partial charge >= 0.3 is 0 Å². The van der Waals surface area contributed by atoms with Crippen LogP contribution in [0, 0.1) is 0 Å². The van der Waals surface area contributed by atoms with E-state index in [2.05, 4.69) is 0 Å². The van der Waals surface area contributed by atoms with E-state index in [-0.39, 0.29) is 16.8 Å². The third-order valence-electron chi connectivity index (χ3n) is 6.06. The van der Waals surface area contributed by atoms with E-state index in [1.807, 2.05) is 36.4 Å². The van der Waals surface area contributed by atoms with Crippen molar-refractivity contribution in [2.75, 3.05) is 19.1 Å². The fourth-order valence-electron chi connectivity index (χ4n) is 4.45. The molecule has 3 heterocycles. The van der Waals surface area contributed by atoms with Crippen LogP contribution in [0.5, 0.6) is 11.5 Å². The molecule has 0 bridgehead atoms. The minimum absolute atomic E-state index is 0.0161. The lowest BCUT2D eigenvalue weighted by Gasteiger charge is -2.24. The van der Waals surface area contributed by atoms with Crippen LogP contribution in [0.25, 0.3) is 21.2 Å². The first-order chi connectivity index (χ1) is 17.0. The van der Waals surface area contributed by atoms with Crippen molar-refractivity contribution in [1.82, 2.24) is 4.98 Å². The van der Waals surface area contributed by atoms with Crippen LogP contribution in [0.2, 0.25) is 5.02 Å². The van der Waals surface area contributed by atoms with Gasteiger partial charge in [0.1, 0.15) is 23.1 Å². The zero-order chi connectivity index (χ0) is 24.3. The molecular weight excluding hydrogens is 488 g/mol. The zero-order valence-electron chi connectivity index (χ0n) is 18.6. The summed E-state index contributed by atoms with van der Waals surface area (Å²) in [5, 5.41) is 1.14. The van der Waals surface area contributed by atoms with Crippen LogP contribution in [0.15, 0.2) is 69.9 Å². The van der Waals surface area contributed by atoms with Crippen molar-refractivity contribution in [3.8, 4) is 11.5 Å². The summed E-state index contributed by atoms with van der Waals surface area (Å²) in [6, 6.07) is 16.8. The lowest BCUT2D eigenvalue weighted by molar-refractivity contribution is 0.0971. The fraction of sp³-hybridized carbons (Fsp3) is 0.115. The Morgan fingerprint density at radius 3 is 2.66 bits per heavy atom. The van der Waals surface area contributed by atoms with Crippen molar-refractivity contribution >= 4 is 55.2 Å². The van der Waals surface area contributed by atoms with Crippen molar-refractivity contribution in [1.29, 1.82) is 0 Å². The first-order valence-corrected chi connectivity index (χ1v) is 11.9. The number of fused-ring (bicyclic) bond motifs is 3. The summed E-state index contributed by atoms with van der Waals surface area (Å²) in [5.74, 6) is 0.759. The standard InChI is InChI=1S/C26H17ClN2O5S/c1-32-14-8-9-17-20(12-14)35-26(28-17)29-22(15-5-3-4-6-18(15)33-2)21-23(30)16-11-13(27)7-10-19(16)34-24(21)25(29)31/h3-12,22H,1-2H3/t22-/m0/s1. The predicted molar refractivity (Wildman–Crippen MR) is 135 cm³/mol. The highest BCUT2D eigenvalue weighted by atomic mass is 35.5. The number of hydrogen-bond acceptors (Lipinski definition) is 7. The number of carbonyl (C=O) groups excluding carboxylic acids is 1. The fourth-order valence-corrected chi connectivity index (χ4v) is 5.64. The molecule has 6 rings (SSSR count). The first-order valence-electron chi connectivity index (χ1n) is 10.7. The van der Waals surface area contributed by atoms with Gasteiger partial charge < -0.3 is 13.9 Å². The summed E-state index contributed by atoms with van der Waals surface area (Å²) in [6.07, 6.45) is 0. The minimum atomic E-state index is -0.796. The van der Waals surface area contributed by atoms with Gasteiger partial charge in [-0.1, -0.05) is 41.1 Å². The second kappa shape index (κ2) is 8.11. The predicted octanol–water partition coefficient (Wildman–Crippen LogP) is 5.82. The molecule has 1 atom stereocenters. The number of nitrogens with zero attached hydrogens (tertiary/aromatic N) is 2. The summed E-state index contributed by atoms with van der Waals surface area (Å²) in [4.78, 5) is 33.8. The molecule has 0 aliphatic carbocycles. The van der Waals surface area contributed by atoms with Crippen molar-refractivity contribution < 1.29 is 18.7 Å². The molecular formula is C26H17ClN2O5S. The lowest BCUT2D eigenvalue weighted by Crippen LogP contribution is -2.29. The van der Waals surface area contributed by atoms with E-state index in [4.69, 9.17) is 30.5 Å². The summed E-state index contributed by atoms with van der Waals surface area (Å²) in [6.45, 7) is 0. The van der Waals surface area contributed by atoms with Gasteiger partial charge in [0.15, 0.2) is 10.6 Å². The smallest absolute Gasteiger partial charge is 0.297 e. The molecule has 0 unspecified atom stereocenters. The van der Waals surface area contributed by atoms with E-state index in [0.717, 1.165) is 4.70 Å². The number of aromatic nitrogens is 1. The average molecular weight is 505 g/mol. The van der Waals surface area contributed by atoms with E-state index >= 15 is 0 Å². The molecule has 35 heavy (non-hydrogen) atoms. The van der Waals surface area contributed by atoms with Gasteiger partial charge in [-0.2, -0.15) is 0 Å². The maximum Gasteiger partial charge on any atom is 0.297 e. The summed E-state index contributed by atoms with van der Waals surface area (Å²) in [5.41, 5.74) is 1.56. The Balaban J connectivity index is 1.64. The topological polar surface area (TPSA) is 81.9 Å². The molecule has 0 saturated heterocycles. The summed E-state index contributed by atoms with van der Waals surface area (Å²) >= 11 is 7.50. The molecule has 0 radical (unpaired) electrons. The molecule has 0 N–H and O–H groups in total. The molecule has 0 spiro atoms. The number of methoxy groups -OCH3 is 2. The van der Waals surface area contributed by atoms with Crippen LogP contribution in [-0.2, 0) is 0 Å². The number of anilines is 1. The molecule has 0 saturated carbocycles. The maximum absolute atomic E-state index is 13.8. The second-order valence-corrected chi connectivity index (χ2v) is 9.41. The Bertz CT molecular complexity index is 1710. The molecule has 7 nitrogen and oxygen atoms in total. The first kappa shape index (κ1) is 21.6. The third-order valence-corrected chi connectivity index (χ3v) is 7.31. The molecule has 5 aromatic rings. The van der Waals surface area contributed by atoms with E-state index in [9.17, 15) is 9.59 Å². The van der Waals surface area contributed by atoms with Gasteiger partial charge in [-0.15, -0.1) is 0 Å². The number of benzene rings is 3. The molecule has 174 valence electrons. The number of halogens is 1. The van der Waals surface area contributed by atoms with Gasteiger partial charge in [0.05, 0.1) is 35.4 Å². The Hall–Kier alpha value is -3.88. The molecule has 9 heteroatoms. The number of thiazole rings is 1.